The fraction of sp³-hybridized carbons (Fsp3) is 0.471. The van der Waals surface area contributed by atoms with Gasteiger partial charge in [0.2, 0.25) is 0 Å². The van der Waals surface area contributed by atoms with E-state index in [0.717, 1.165) is 42.4 Å². The lowest BCUT2D eigenvalue weighted by Gasteiger charge is -2.23. The van der Waals surface area contributed by atoms with Crippen LogP contribution in [0.2, 0.25) is 0 Å². The quantitative estimate of drug-likeness (QED) is 0.840. The van der Waals surface area contributed by atoms with Gasteiger partial charge in [0.15, 0.2) is 0 Å². The van der Waals surface area contributed by atoms with Gasteiger partial charge in [-0.2, -0.15) is 0 Å². The van der Waals surface area contributed by atoms with E-state index in [4.69, 9.17) is 0 Å². The zero-order chi connectivity index (χ0) is 14.2. The number of rotatable bonds is 1. The van der Waals surface area contributed by atoms with Gasteiger partial charge >= 0.3 is 0 Å². The first kappa shape index (κ1) is 13.2. The van der Waals surface area contributed by atoms with Crippen LogP contribution in [0.4, 0.5) is 0 Å². The summed E-state index contributed by atoms with van der Waals surface area (Å²) in [6, 6.07) is 7.95. The van der Waals surface area contributed by atoms with Crippen molar-refractivity contribution >= 4 is 16.8 Å². The summed E-state index contributed by atoms with van der Waals surface area (Å²) in [5.41, 5.74) is 2.18. The molecule has 1 aromatic heterocycles. The number of carbonyl (C=O) groups is 1. The molecule has 1 amide bonds. The third kappa shape index (κ3) is 2.58. The lowest BCUT2D eigenvalue weighted by Crippen LogP contribution is -2.32. The predicted octanol–water partition coefficient (Wildman–Crippen LogP) is 3.82. The third-order valence-electron chi connectivity index (χ3n) is 4.43. The number of amides is 1. The summed E-state index contributed by atoms with van der Waals surface area (Å²) in [6.07, 6.45) is 5.30. The maximum atomic E-state index is 12.6. The highest BCUT2D eigenvalue weighted by molar-refractivity contribution is 5.97. The second-order valence-corrected chi connectivity index (χ2v) is 6.59. The molecule has 3 nitrogen and oxygen atoms in total. The Balaban J connectivity index is 1.80. The van der Waals surface area contributed by atoms with Gasteiger partial charge in [-0.05, 0) is 48.3 Å². The molecule has 1 aliphatic heterocycles. The van der Waals surface area contributed by atoms with Crippen LogP contribution in [0.15, 0.2) is 30.5 Å². The van der Waals surface area contributed by atoms with E-state index in [-0.39, 0.29) is 5.91 Å². The van der Waals surface area contributed by atoms with Gasteiger partial charge in [0, 0.05) is 30.4 Å². The van der Waals surface area contributed by atoms with Crippen molar-refractivity contribution in [1.82, 2.24) is 9.88 Å². The molecule has 3 heteroatoms. The molecule has 0 saturated carbocycles. The van der Waals surface area contributed by atoms with E-state index in [9.17, 15) is 4.79 Å². The van der Waals surface area contributed by atoms with Crippen molar-refractivity contribution in [2.24, 2.45) is 5.41 Å². The van der Waals surface area contributed by atoms with Crippen LogP contribution in [0.5, 0.6) is 0 Å². The maximum Gasteiger partial charge on any atom is 0.253 e. The molecule has 0 aliphatic carbocycles. The van der Waals surface area contributed by atoms with Gasteiger partial charge in [-0.15, -0.1) is 0 Å². The maximum absolute atomic E-state index is 12.6. The molecule has 2 aromatic rings. The lowest BCUT2D eigenvalue weighted by molar-refractivity contribution is 0.0757. The van der Waals surface area contributed by atoms with Crippen LogP contribution < -0.4 is 0 Å². The number of nitrogens with zero attached hydrogens (tertiary/aromatic N) is 1. The summed E-state index contributed by atoms with van der Waals surface area (Å²) < 4.78 is 0. The van der Waals surface area contributed by atoms with Crippen molar-refractivity contribution in [3.63, 3.8) is 0 Å². The van der Waals surface area contributed by atoms with Crippen LogP contribution in [-0.4, -0.2) is 28.9 Å². The molecule has 1 fully saturated rings. The highest BCUT2D eigenvalue weighted by atomic mass is 16.2. The van der Waals surface area contributed by atoms with Crippen LogP contribution in [0.25, 0.3) is 10.9 Å². The van der Waals surface area contributed by atoms with Crippen LogP contribution in [0.3, 0.4) is 0 Å². The van der Waals surface area contributed by atoms with Gasteiger partial charge in [-0.25, -0.2) is 0 Å². The molecule has 2 heterocycles. The lowest BCUT2D eigenvalue weighted by atomic mass is 9.85. The van der Waals surface area contributed by atoms with Gasteiger partial charge in [0.1, 0.15) is 0 Å². The Hall–Kier alpha value is -1.77. The molecular weight excluding hydrogens is 248 g/mol. The molecule has 0 spiro atoms. The second-order valence-electron chi connectivity index (χ2n) is 6.59. The number of carbonyl (C=O) groups excluding carboxylic acids is 1. The Morgan fingerprint density at radius 3 is 2.90 bits per heavy atom. The fourth-order valence-electron chi connectivity index (χ4n) is 2.99. The Bertz CT molecular complexity index is 627. The Labute approximate surface area is 120 Å². The minimum atomic E-state index is 0.166. The van der Waals surface area contributed by atoms with E-state index in [1.54, 1.807) is 0 Å². The van der Waals surface area contributed by atoms with Gasteiger partial charge in [0.25, 0.3) is 5.91 Å². The summed E-state index contributed by atoms with van der Waals surface area (Å²) >= 11 is 0. The third-order valence-corrected chi connectivity index (χ3v) is 4.43. The SMILES string of the molecule is CC1(C)CCCN(C(=O)c2ccc3cc[nH]c3c2)CC1. The summed E-state index contributed by atoms with van der Waals surface area (Å²) in [5.74, 6) is 0.166. The molecule has 0 unspecified atom stereocenters. The Kier molecular flexibility index (Phi) is 3.28. The first-order valence-electron chi connectivity index (χ1n) is 7.42. The van der Waals surface area contributed by atoms with Gasteiger partial charge < -0.3 is 9.88 Å². The van der Waals surface area contributed by atoms with Crippen molar-refractivity contribution in [1.29, 1.82) is 0 Å². The molecule has 3 rings (SSSR count). The summed E-state index contributed by atoms with van der Waals surface area (Å²) in [4.78, 5) is 17.8. The zero-order valence-corrected chi connectivity index (χ0v) is 12.3. The van der Waals surface area contributed by atoms with Crippen LogP contribution >= 0.6 is 0 Å². The number of aromatic nitrogens is 1. The van der Waals surface area contributed by atoms with Crippen LogP contribution in [-0.2, 0) is 0 Å². The van der Waals surface area contributed by atoms with Gasteiger partial charge in [-0.1, -0.05) is 19.9 Å². The van der Waals surface area contributed by atoms with E-state index in [1.165, 1.54) is 6.42 Å². The predicted molar refractivity (Wildman–Crippen MR) is 81.8 cm³/mol. The first-order valence-corrected chi connectivity index (χ1v) is 7.42. The molecular formula is C17H22N2O. The Morgan fingerprint density at radius 1 is 1.20 bits per heavy atom. The fourth-order valence-corrected chi connectivity index (χ4v) is 2.99. The van der Waals surface area contributed by atoms with Crippen molar-refractivity contribution in [2.45, 2.75) is 33.1 Å². The molecule has 1 aromatic carbocycles. The number of aromatic amines is 1. The largest absolute Gasteiger partial charge is 0.361 e. The standard InChI is InChI=1S/C17H22N2O/c1-17(2)7-3-10-19(11-8-17)16(20)14-5-4-13-6-9-18-15(13)12-14/h4-6,9,12,18H,3,7-8,10-11H2,1-2H3. The Morgan fingerprint density at radius 2 is 2.05 bits per heavy atom. The number of benzene rings is 1. The van der Waals surface area contributed by atoms with Gasteiger partial charge in [0.05, 0.1) is 0 Å². The molecule has 1 aliphatic rings. The van der Waals surface area contributed by atoms with Crippen molar-refractivity contribution < 1.29 is 4.79 Å². The highest BCUT2D eigenvalue weighted by Crippen LogP contribution is 2.30. The average Bonchev–Trinajstić information content (AvgIpc) is 2.81. The normalized spacial score (nSPS) is 19.0. The molecule has 106 valence electrons. The second kappa shape index (κ2) is 4.97. The van der Waals surface area contributed by atoms with Gasteiger partial charge in [-0.3, -0.25) is 4.79 Å². The first-order chi connectivity index (χ1) is 9.55. The number of nitrogens with one attached hydrogen (secondary N) is 1. The van der Waals surface area contributed by atoms with E-state index < -0.39 is 0 Å². The topological polar surface area (TPSA) is 36.1 Å². The summed E-state index contributed by atoms with van der Waals surface area (Å²) in [5, 5.41) is 1.15. The number of H-pyrrole nitrogens is 1. The number of hydrogen-bond donors (Lipinski definition) is 1. The molecule has 0 atom stereocenters. The minimum Gasteiger partial charge on any atom is -0.361 e. The molecule has 1 saturated heterocycles. The molecule has 1 N–H and O–H groups in total. The van der Waals surface area contributed by atoms with Crippen LogP contribution in [0, 0.1) is 5.41 Å². The number of fused-ring (bicyclic) bond motifs is 1. The van der Waals surface area contributed by atoms with E-state index in [0.29, 0.717) is 5.41 Å². The van der Waals surface area contributed by atoms with Crippen molar-refractivity contribution in [2.75, 3.05) is 13.1 Å². The van der Waals surface area contributed by atoms with Crippen LogP contribution in [0.1, 0.15) is 43.5 Å². The molecule has 0 bridgehead atoms. The number of likely N-dealkylation sites (tertiary alicyclic amines) is 1. The zero-order valence-electron chi connectivity index (χ0n) is 12.3. The summed E-state index contributed by atoms with van der Waals surface area (Å²) in [6.45, 7) is 6.34. The summed E-state index contributed by atoms with van der Waals surface area (Å²) in [7, 11) is 0. The molecule has 20 heavy (non-hydrogen) atoms. The van der Waals surface area contributed by atoms with Crippen molar-refractivity contribution in [3.05, 3.63) is 36.0 Å². The smallest absolute Gasteiger partial charge is 0.253 e. The minimum absolute atomic E-state index is 0.166. The van der Waals surface area contributed by atoms with Crippen molar-refractivity contribution in [3.8, 4) is 0 Å². The average molecular weight is 270 g/mol. The number of hydrogen-bond acceptors (Lipinski definition) is 1. The van der Waals surface area contributed by atoms with E-state index >= 15 is 0 Å². The highest BCUT2D eigenvalue weighted by Gasteiger charge is 2.25. The van der Waals surface area contributed by atoms with E-state index in [1.807, 2.05) is 35.4 Å². The molecule has 0 radical (unpaired) electrons. The van der Waals surface area contributed by atoms with E-state index in [2.05, 4.69) is 18.8 Å². The monoisotopic (exact) mass is 270 g/mol.